The van der Waals surface area contributed by atoms with Crippen LogP contribution in [0, 0.1) is 11.8 Å². The lowest BCUT2D eigenvalue weighted by Crippen LogP contribution is -2.43. The van der Waals surface area contributed by atoms with Gasteiger partial charge in [0, 0.05) is 12.6 Å². The molecule has 0 aromatic heterocycles. The van der Waals surface area contributed by atoms with Crippen LogP contribution in [0.2, 0.25) is 0 Å². The predicted molar refractivity (Wildman–Crippen MR) is 80.8 cm³/mol. The van der Waals surface area contributed by atoms with Gasteiger partial charge < -0.3 is 5.11 Å². The molecule has 0 aliphatic heterocycles. The lowest BCUT2D eigenvalue weighted by Gasteiger charge is -2.41. The van der Waals surface area contributed by atoms with Gasteiger partial charge in [0.05, 0.1) is 5.56 Å². The van der Waals surface area contributed by atoms with Gasteiger partial charge in [-0.25, -0.2) is 4.79 Å². The molecule has 1 N–H and O–H groups in total. The van der Waals surface area contributed by atoms with Crippen LogP contribution in [0.1, 0.15) is 49.0 Å². The van der Waals surface area contributed by atoms with E-state index in [1.165, 1.54) is 24.8 Å². The van der Waals surface area contributed by atoms with Crippen LogP contribution in [-0.2, 0) is 6.54 Å². The second kappa shape index (κ2) is 6.40. The van der Waals surface area contributed by atoms with Crippen molar-refractivity contribution >= 4 is 5.97 Å². The monoisotopic (exact) mass is 275 g/mol. The summed E-state index contributed by atoms with van der Waals surface area (Å²) < 4.78 is 0. The Hall–Kier alpha value is -1.35. The van der Waals surface area contributed by atoms with Gasteiger partial charge >= 0.3 is 5.97 Å². The number of carboxylic acid groups (broad SMARTS) is 1. The Morgan fingerprint density at radius 2 is 1.75 bits per heavy atom. The topological polar surface area (TPSA) is 40.5 Å². The van der Waals surface area contributed by atoms with Crippen LogP contribution in [0.3, 0.4) is 0 Å². The molecule has 2 atom stereocenters. The second-order valence-corrected chi connectivity index (χ2v) is 6.29. The quantitative estimate of drug-likeness (QED) is 0.912. The number of hydrogen-bond acceptors (Lipinski definition) is 2. The number of hydrogen-bond donors (Lipinski definition) is 1. The maximum atomic E-state index is 10.9. The highest BCUT2D eigenvalue weighted by molar-refractivity contribution is 5.87. The van der Waals surface area contributed by atoms with E-state index >= 15 is 0 Å². The van der Waals surface area contributed by atoms with Gasteiger partial charge in [-0.2, -0.15) is 0 Å². The first-order chi connectivity index (χ1) is 9.49. The van der Waals surface area contributed by atoms with Gasteiger partial charge in [-0.3, -0.25) is 4.90 Å². The number of carboxylic acids is 1. The van der Waals surface area contributed by atoms with Gasteiger partial charge in [-0.05, 0) is 49.4 Å². The summed E-state index contributed by atoms with van der Waals surface area (Å²) in [5.41, 5.74) is 1.54. The molecule has 1 aliphatic carbocycles. The summed E-state index contributed by atoms with van der Waals surface area (Å²) in [5, 5.41) is 8.92. The van der Waals surface area contributed by atoms with Crippen LogP contribution >= 0.6 is 0 Å². The Bertz CT molecular complexity index is 445. The predicted octanol–water partition coefficient (Wildman–Crippen LogP) is 3.64. The highest BCUT2D eigenvalue weighted by Crippen LogP contribution is 2.32. The molecule has 0 amide bonds. The Labute approximate surface area is 121 Å². The number of carbonyl (C=O) groups is 1. The Kier molecular flexibility index (Phi) is 4.81. The molecule has 0 bridgehead atoms. The molecule has 0 spiro atoms. The SMILES string of the molecule is CC1CCCC(C)C1N(C)Cc1ccc(C(=O)O)cc1. The molecule has 2 rings (SSSR count). The summed E-state index contributed by atoms with van der Waals surface area (Å²) >= 11 is 0. The summed E-state index contributed by atoms with van der Waals surface area (Å²) in [4.78, 5) is 13.3. The number of nitrogens with zero attached hydrogens (tertiary/aromatic N) is 1. The Morgan fingerprint density at radius 1 is 1.20 bits per heavy atom. The molecule has 20 heavy (non-hydrogen) atoms. The van der Waals surface area contributed by atoms with Crippen molar-refractivity contribution < 1.29 is 9.90 Å². The third-order valence-electron chi connectivity index (χ3n) is 4.63. The Morgan fingerprint density at radius 3 is 2.25 bits per heavy atom. The first-order valence-corrected chi connectivity index (χ1v) is 7.51. The van der Waals surface area contributed by atoms with Crippen LogP contribution in [0.4, 0.5) is 0 Å². The smallest absolute Gasteiger partial charge is 0.335 e. The third kappa shape index (κ3) is 3.40. The molecule has 3 nitrogen and oxygen atoms in total. The van der Waals surface area contributed by atoms with Gasteiger partial charge in [0.15, 0.2) is 0 Å². The minimum absolute atomic E-state index is 0.357. The molecule has 1 aromatic rings. The minimum atomic E-state index is -0.862. The van der Waals surface area contributed by atoms with E-state index in [1.807, 2.05) is 12.1 Å². The average molecular weight is 275 g/mol. The van der Waals surface area contributed by atoms with Crippen LogP contribution in [0.25, 0.3) is 0 Å². The van der Waals surface area contributed by atoms with Crippen molar-refractivity contribution in [2.75, 3.05) is 7.05 Å². The van der Waals surface area contributed by atoms with Crippen molar-refractivity contribution in [3.05, 3.63) is 35.4 Å². The molecule has 2 unspecified atom stereocenters. The fourth-order valence-corrected chi connectivity index (χ4v) is 3.68. The zero-order chi connectivity index (χ0) is 14.7. The molecule has 1 saturated carbocycles. The zero-order valence-corrected chi connectivity index (χ0v) is 12.7. The molecule has 0 radical (unpaired) electrons. The van der Waals surface area contributed by atoms with Crippen LogP contribution < -0.4 is 0 Å². The van der Waals surface area contributed by atoms with Crippen molar-refractivity contribution in [1.29, 1.82) is 0 Å². The molecule has 0 saturated heterocycles. The lowest BCUT2D eigenvalue weighted by atomic mass is 9.78. The van der Waals surface area contributed by atoms with E-state index in [9.17, 15) is 4.79 Å². The number of benzene rings is 1. The summed E-state index contributed by atoms with van der Waals surface area (Å²) in [6.07, 6.45) is 3.98. The van der Waals surface area contributed by atoms with Crippen LogP contribution in [0.15, 0.2) is 24.3 Å². The summed E-state index contributed by atoms with van der Waals surface area (Å²) in [6, 6.07) is 7.87. The van der Waals surface area contributed by atoms with Crippen molar-refractivity contribution in [3.63, 3.8) is 0 Å². The van der Waals surface area contributed by atoms with Crippen LogP contribution in [0.5, 0.6) is 0 Å². The minimum Gasteiger partial charge on any atom is -0.478 e. The van der Waals surface area contributed by atoms with E-state index in [4.69, 9.17) is 5.11 Å². The normalized spacial score (nSPS) is 26.7. The standard InChI is InChI=1S/C17H25NO2/c1-12-5-4-6-13(2)16(12)18(3)11-14-7-9-15(10-8-14)17(19)20/h7-10,12-13,16H,4-6,11H2,1-3H3,(H,19,20). The molecular weight excluding hydrogens is 250 g/mol. The van der Waals surface area contributed by atoms with Gasteiger partial charge in [0.2, 0.25) is 0 Å². The van der Waals surface area contributed by atoms with Gasteiger partial charge in [-0.15, -0.1) is 0 Å². The van der Waals surface area contributed by atoms with E-state index < -0.39 is 5.97 Å². The van der Waals surface area contributed by atoms with Gasteiger partial charge in [0.1, 0.15) is 0 Å². The maximum absolute atomic E-state index is 10.9. The van der Waals surface area contributed by atoms with Crippen molar-refractivity contribution in [2.24, 2.45) is 11.8 Å². The maximum Gasteiger partial charge on any atom is 0.335 e. The van der Waals surface area contributed by atoms with E-state index in [1.54, 1.807) is 12.1 Å². The van der Waals surface area contributed by atoms with Gasteiger partial charge in [-0.1, -0.05) is 32.4 Å². The van der Waals surface area contributed by atoms with E-state index in [0.717, 1.165) is 18.4 Å². The largest absolute Gasteiger partial charge is 0.478 e. The molecule has 1 aromatic carbocycles. The lowest BCUT2D eigenvalue weighted by molar-refractivity contribution is 0.0697. The summed E-state index contributed by atoms with van der Waals surface area (Å²) in [6.45, 7) is 5.59. The Balaban J connectivity index is 2.03. The van der Waals surface area contributed by atoms with Crippen molar-refractivity contribution in [2.45, 2.75) is 45.7 Å². The fraction of sp³-hybridized carbons (Fsp3) is 0.588. The third-order valence-corrected chi connectivity index (χ3v) is 4.63. The molecule has 110 valence electrons. The zero-order valence-electron chi connectivity index (χ0n) is 12.7. The first kappa shape index (κ1) is 15.0. The molecule has 1 fully saturated rings. The molecule has 3 heteroatoms. The molecule has 1 aliphatic rings. The van der Waals surface area contributed by atoms with E-state index in [2.05, 4.69) is 25.8 Å². The first-order valence-electron chi connectivity index (χ1n) is 7.51. The van der Waals surface area contributed by atoms with E-state index in [-0.39, 0.29) is 0 Å². The van der Waals surface area contributed by atoms with Crippen LogP contribution in [-0.4, -0.2) is 29.1 Å². The highest BCUT2D eigenvalue weighted by atomic mass is 16.4. The summed E-state index contributed by atoms with van der Waals surface area (Å²) in [7, 11) is 2.19. The number of aromatic carboxylic acids is 1. The fourth-order valence-electron chi connectivity index (χ4n) is 3.68. The van der Waals surface area contributed by atoms with E-state index in [0.29, 0.717) is 11.6 Å². The summed E-state index contributed by atoms with van der Waals surface area (Å²) in [5.74, 6) is 0.614. The molecule has 0 heterocycles. The highest BCUT2D eigenvalue weighted by Gasteiger charge is 2.30. The van der Waals surface area contributed by atoms with Gasteiger partial charge in [0.25, 0.3) is 0 Å². The van der Waals surface area contributed by atoms with Crippen molar-refractivity contribution in [3.8, 4) is 0 Å². The molecular formula is C17H25NO2. The number of rotatable bonds is 4. The van der Waals surface area contributed by atoms with Crippen molar-refractivity contribution in [1.82, 2.24) is 4.90 Å². The second-order valence-electron chi connectivity index (χ2n) is 6.29. The average Bonchev–Trinajstić information content (AvgIpc) is 2.39.